The minimum Gasteiger partial charge on any atom is -0.378 e. The summed E-state index contributed by atoms with van der Waals surface area (Å²) in [6.07, 6.45) is 3.64. The maximum Gasteiger partial charge on any atom is 0.317 e. The van der Waals surface area contributed by atoms with Crippen LogP contribution in [0.25, 0.3) is 21.1 Å². The van der Waals surface area contributed by atoms with Crippen molar-refractivity contribution in [2.75, 3.05) is 50.9 Å². The maximum absolute atomic E-state index is 12.4. The molecule has 6 rings (SSSR count). The third-order valence-electron chi connectivity index (χ3n) is 6.24. The van der Waals surface area contributed by atoms with Crippen molar-refractivity contribution in [2.24, 2.45) is 0 Å². The number of rotatable bonds is 4. The van der Waals surface area contributed by atoms with Gasteiger partial charge in [0.15, 0.2) is 0 Å². The van der Waals surface area contributed by atoms with Gasteiger partial charge in [0.05, 0.1) is 61.0 Å². The number of urea groups is 1. The number of thiophene rings is 1. The van der Waals surface area contributed by atoms with Gasteiger partial charge in [-0.15, -0.1) is 11.3 Å². The average molecular weight is 480 g/mol. The van der Waals surface area contributed by atoms with Crippen molar-refractivity contribution in [2.45, 2.75) is 12.6 Å². The zero-order valence-corrected chi connectivity index (χ0v) is 19.4. The fourth-order valence-electron chi connectivity index (χ4n) is 4.45. The predicted molar refractivity (Wildman–Crippen MR) is 129 cm³/mol. The van der Waals surface area contributed by atoms with Gasteiger partial charge in [0.2, 0.25) is 5.95 Å². The zero-order valence-electron chi connectivity index (χ0n) is 18.6. The number of carbonyl (C=O) groups excluding carboxylic acids is 1. The number of aromatic nitrogens is 4. The molecule has 1 atom stereocenters. The molecule has 1 unspecified atom stereocenters. The summed E-state index contributed by atoms with van der Waals surface area (Å²) in [4.78, 5) is 26.8. The van der Waals surface area contributed by atoms with Crippen molar-refractivity contribution in [3.63, 3.8) is 0 Å². The summed E-state index contributed by atoms with van der Waals surface area (Å²) < 4.78 is 12.4. The Morgan fingerprint density at radius 2 is 2.12 bits per heavy atom. The highest BCUT2D eigenvalue weighted by molar-refractivity contribution is 7.18. The molecule has 0 bridgehead atoms. The van der Waals surface area contributed by atoms with Crippen molar-refractivity contribution in [3.05, 3.63) is 47.1 Å². The molecule has 2 aliphatic rings. The summed E-state index contributed by atoms with van der Waals surface area (Å²) in [5, 5.41) is 11.3. The second kappa shape index (κ2) is 9.16. The number of ether oxygens (including phenoxy) is 2. The lowest BCUT2D eigenvalue weighted by Crippen LogP contribution is -2.45. The molecular weight excluding hydrogens is 454 g/mol. The number of H-pyrrole nitrogens is 1. The number of benzene rings is 1. The molecule has 0 spiro atoms. The third-order valence-corrected chi connectivity index (χ3v) is 7.29. The van der Waals surface area contributed by atoms with Gasteiger partial charge in [-0.05, 0) is 17.7 Å². The molecule has 2 amide bonds. The van der Waals surface area contributed by atoms with Crippen LogP contribution >= 0.6 is 11.3 Å². The Bertz CT molecular complexity index is 1320. The number of nitrogens with zero attached hydrogens (tertiary/aromatic N) is 5. The minimum atomic E-state index is -0.0808. The van der Waals surface area contributed by atoms with Crippen LogP contribution in [0.5, 0.6) is 0 Å². The highest BCUT2D eigenvalue weighted by Gasteiger charge is 2.26. The van der Waals surface area contributed by atoms with Crippen LogP contribution < -0.4 is 10.2 Å². The highest BCUT2D eigenvalue weighted by Crippen LogP contribution is 2.31. The van der Waals surface area contributed by atoms with E-state index in [0.29, 0.717) is 51.9 Å². The van der Waals surface area contributed by atoms with E-state index in [0.717, 1.165) is 38.1 Å². The Balaban J connectivity index is 1.16. The lowest BCUT2D eigenvalue weighted by atomic mass is 10.0. The number of nitrogens with one attached hydrogen (secondary N) is 2. The molecule has 10 nitrogen and oxygen atoms in total. The summed E-state index contributed by atoms with van der Waals surface area (Å²) in [5.74, 6) is 0.696. The number of amides is 2. The monoisotopic (exact) mass is 479 g/mol. The summed E-state index contributed by atoms with van der Waals surface area (Å²) in [5.41, 5.74) is 3.01. The minimum absolute atomic E-state index is 0.0560. The normalized spacial score (nSPS) is 19.1. The summed E-state index contributed by atoms with van der Waals surface area (Å²) in [6.45, 7) is 4.91. The van der Waals surface area contributed by atoms with Crippen LogP contribution in [-0.2, 0) is 16.0 Å². The van der Waals surface area contributed by atoms with Crippen LogP contribution in [0.15, 0.2) is 36.7 Å². The molecule has 34 heavy (non-hydrogen) atoms. The SMILES string of the molecule is O=C(NCc1cc2nc(N3CCOC(c4cccc5[nH]ncc45)C3)ncc2s1)N1CCOCC1. The Morgan fingerprint density at radius 1 is 1.21 bits per heavy atom. The van der Waals surface area contributed by atoms with Crippen LogP contribution in [-0.4, -0.2) is 77.1 Å². The maximum atomic E-state index is 12.4. The first-order chi connectivity index (χ1) is 16.7. The second-order valence-electron chi connectivity index (χ2n) is 8.37. The summed E-state index contributed by atoms with van der Waals surface area (Å²) >= 11 is 1.60. The van der Waals surface area contributed by atoms with Crippen molar-refractivity contribution in [1.82, 2.24) is 30.4 Å². The number of hydrogen-bond donors (Lipinski definition) is 2. The van der Waals surface area contributed by atoms with E-state index in [-0.39, 0.29) is 12.1 Å². The molecule has 4 aromatic rings. The molecule has 2 aliphatic heterocycles. The van der Waals surface area contributed by atoms with Crippen LogP contribution in [0.3, 0.4) is 0 Å². The lowest BCUT2D eigenvalue weighted by molar-refractivity contribution is 0.0402. The first-order valence-corrected chi connectivity index (χ1v) is 12.2. The van der Waals surface area contributed by atoms with Gasteiger partial charge >= 0.3 is 6.03 Å². The molecular formula is C23H25N7O3S. The van der Waals surface area contributed by atoms with Crippen LogP contribution in [0.1, 0.15) is 16.5 Å². The Morgan fingerprint density at radius 3 is 3.03 bits per heavy atom. The Labute approximate surface area is 199 Å². The molecule has 2 N–H and O–H groups in total. The molecule has 0 saturated carbocycles. The van der Waals surface area contributed by atoms with E-state index < -0.39 is 0 Å². The van der Waals surface area contributed by atoms with Crippen molar-refractivity contribution in [3.8, 4) is 0 Å². The number of morpholine rings is 2. The first kappa shape index (κ1) is 21.3. The number of carbonyl (C=O) groups is 1. The van der Waals surface area contributed by atoms with E-state index in [2.05, 4.69) is 31.5 Å². The predicted octanol–water partition coefficient (Wildman–Crippen LogP) is 2.69. The highest BCUT2D eigenvalue weighted by atomic mass is 32.1. The van der Waals surface area contributed by atoms with Gasteiger partial charge in [0.25, 0.3) is 0 Å². The van der Waals surface area contributed by atoms with E-state index >= 15 is 0 Å². The molecule has 11 heteroatoms. The molecule has 2 saturated heterocycles. The van der Waals surface area contributed by atoms with Crippen LogP contribution in [0.4, 0.5) is 10.7 Å². The number of anilines is 1. The Kier molecular flexibility index (Phi) is 5.73. The average Bonchev–Trinajstić information content (AvgIpc) is 3.54. The molecule has 176 valence electrons. The summed E-state index contributed by atoms with van der Waals surface area (Å²) in [7, 11) is 0. The molecule has 2 fully saturated rings. The topological polar surface area (TPSA) is 108 Å². The van der Waals surface area contributed by atoms with E-state index in [4.69, 9.17) is 14.5 Å². The van der Waals surface area contributed by atoms with Gasteiger partial charge < -0.3 is 24.6 Å². The lowest BCUT2D eigenvalue weighted by Gasteiger charge is -2.33. The quantitative estimate of drug-likeness (QED) is 0.463. The van der Waals surface area contributed by atoms with Gasteiger partial charge in [0, 0.05) is 29.9 Å². The smallest absolute Gasteiger partial charge is 0.317 e. The molecule has 5 heterocycles. The molecule has 3 aromatic heterocycles. The zero-order chi connectivity index (χ0) is 22.9. The molecule has 0 aliphatic carbocycles. The van der Waals surface area contributed by atoms with Crippen LogP contribution in [0.2, 0.25) is 0 Å². The standard InChI is InChI=1S/C23H25N7O3S/c31-23(29-4-7-32-8-5-29)25-11-15-10-19-21(34-15)13-24-22(27-19)30-6-9-33-20(14-30)16-2-1-3-18-17(16)12-26-28-18/h1-3,10,12-13,20H,4-9,11,14H2,(H,25,31)(H,26,28). The van der Waals surface area contributed by atoms with Crippen molar-refractivity contribution in [1.29, 1.82) is 0 Å². The van der Waals surface area contributed by atoms with E-state index in [1.807, 2.05) is 30.6 Å². The first-order valence-electron chi connectivity index (χ1n) is 11.4. The van der Waals surface area contributed by atoms with Gasteiger partial charge in [0.1, 0.15) is 6.10 Å². The van der Waals surface area contributed by atoms with Crippen LogP contribution in [0, 0.1) is 0 Å². The number of aromatic amines is 1. The number of fused-ring (bicyclic) bond motifs is 2. The second-order valence-corrected chi connectivity index (χ2v) is 9.54. The number of hydrogen-bond acceptors (Lipinski definition) is 8. The van der Waals surface area contributed by atoms with Gasteiger partial charge in [-0.3, -0.25) is 5.10 Å². The van der Waals surface area contributed by atoms with E-state index in [1.54, 1.807) is 16.2 Å². The Hall–Kier alpha value is -3.28. The third kappa shape index (κ3) is 4.17. The van der Waals surface area contributed by atoms with Crippen molar-refractivity contribution >= 4 is 44.4 Å². The summed E-state index contributed by atoms with van der Waals surface area (Å²) in [6, 6.07) is 8.10. The van der Waals surface area contributed by atoms with E-state index in [1.165, 1.54) is 0 Å². The molecule has 0 radical (unpaired) electrons. The molecule has 1 aromatic carbocycles. The van der Waals surface area contributed by atoms with Gasteiger partial charge in [-0.25, -0.2) is 14.8 Å². The fourth-order valence-corrected chi connectivity index (χ4v) is 5.36. The van der Waals surface area contributed by atoms with Gasteiger partial charge in [-0.2, -0.15) is 5.10 Å². The van der Waals surface area contributed by atoms with E-state index in [9.17, 15) is 4.79 Å². The fraction of sp³-hybridized carbons (Fsp3) is 0.391. The van der Waals surface area contributed by atoms with Crippen molar-refractivity contribution < 1.29 is 14.3 Å². The largest absolute Gasteiger partial charge is 0.378 e. The van der Waals surface area contributed by atoms with Gasteiger partial charge in [-0.1, -0.05) is 12.1 Å².